The largest absolute Gasteiger partial charge is 0.252 e. The maximum absolute atomic E-state index is 4.54. The zero-order valence-electron chi connectivity index (χ0n) is 11.0. The van der Waals surface area contributed by atoms with Crippen molar-refractivity contribution in [3.8, 4) is 11.3 Å². The van der Waals surface area contributed by atoms with E-state index in [-0.39, 0.29) is 0 Å². The fourth-order valence-corrected chi connectivity index (χ4v) is 2.49. The minimum absolute atomic E-state index is 0.820. The molecule has 0 aliphatic heterocycles. The topological polar surface area (TPSA) is 16.8 Å². The van der Waals surface area contributed by atoms with Crippen molar-refractivity contribution in [3.05, 3.63) is 78.8 Å². The van der Waals surface area contributed by atoms with Crippen molar-refractivity contribution in [1.29, 1.82) is 0 Å². The van der Waals surface area contributed by atoms with Crippen LogP contribution in [-0.4, -0.2) is 4.98 Å². The van der Waals surface area contributed by atoms with Crippen molar-refractivity contribution in [2.75, 3.05) is 0 Å². The highest BCUT2D eigenvalue weighted by Crippen LogP contribution is 2.22. The van der Waals surface area contributed by atoms with E-state index in [1.165, 1.54) is 5.56 Å². The maximum Gasteiger partial charge on any atom is 0.232 e. The molecule has 3 heteroatoms. The lowest BCUT2D eigenvalue weighted by Crippen LogP contribution is -2.36. The van der Waals surface area contributed by atoms with Gasteiger partial charge in [-0.25, -0.2) is 0 Å². The van der Waals surface area contributed by atoms with Gasteiger partial charge in [-0.05, 0) is 12.1 Å². The molecule has 2 aromatic carbocycles. The van der Waals surface area contributed by atoms with Crippen LogP contribution in [0.3, 0.4) is 0 Å². The van der Waals surface area contributed by atoms with Crippen LogP contribution in [0, 0.1) is 0 Å². The molecule has 0 atom stereocenters. The molecule has 0 fully saturated rings. The van der Waals surface area contributed by atoms with Gasteiger partial charge in [0.2, 0.25) is 5.69 Å². The predicted octanol–water partition coefficient (Wildman–Crippen LogP) is 3.37. The Morgan fingerprint density at radius 2 is 1.70 bits per heavy atom. The van der Waals surface area contributed by atoms with Gasteiger partial charge in [0.25, 0.3) is 0 Å². The predicted molar refractivity (Wildman–Crippen MR) is 82.7 cm³/mol. The molecule has 0 radical (unpaired) electrons. The third-order valence-corrected chi connectivity index (χ3v) is 3.60. The van der Waals surface area contributed by atoms with Crippen molar-refractivity contribution >= 4 is 12.6 Å². The quantitative estimate of drug-likeness (QED) is 0.574. The zero-order chi connectivity index (χ0) is 13.8. The Labute approximate surface area is 124 Å². The average molecular weight is 279 g/mol. The number of rotatable bonds is 3. The van der Waals surface area contributed by atoms with E-state index in [0.29, 0.717) is 0 Å². The summed E-state index contributed by atoms with van der Waals surface area (Å²) in [6.45, 7) is 0.820. The molecule has 0 spiro atoms. The van der Waals surface area contributed by atoms with Gasteiger partial charge in [-0.2, -0.15) is 4.57 Å². The summed E-state index contributed by atoms with van der Waals surface area (Å²) in [7, 11) is 0. The minimum Gasteiger partial charge on any atom is -0.252 e. The third-order valence-electron chi connectivity index (χ3n) is 3.21. The van der Waals surface area contributed by atoms with Crippen molar-refractivity contribution in [1.82, 2.24) is 4.98 Å². The van der Waals surface area contributed by atoms with Gasteiger partial charge in [0.05, 0.1) is 18.0 Å². The average Bonchev–Trinajstić information content (AvgIpc) is 2.50. The Balaban J connectivity index is 2.03. The van der Waals surface area contributed by atoms with E-state index in [0.717, 1.165) is 22.7 Å². The Morgan fingerprint density at radius 1 is 0.950 bits per heavy atom. The van der Waals surface area contributed by atoms with Crippen LogP contribution in [0.1, 0.15) is 5.56 Å². The zero-order valence-corrected chi connectivity index (χ0v) is 11.9. The maximum atomic E-state index is 4.54. The number of hydrogen-bond donors (Lipinski definition) is 1. The molecule has 1 heterocycles. The summed E-state index contributed by atoms with van der Waals surface area (Å²) in [5, 5.41) is 0. The normalized spacial score (nSPS) is 10.4. The van der Waals surface area contributed by atoms with E-state index in [1.54, 1.807) is 0 Å². The first-order valence-corrected chi connectivity index (χ1v) is 6.95. The Morgan fingerprint density at radius 3 is 2.50 bits per heavy atom. The summed E-state index contributed by atoms with van der Waals surface area (Å²) >= 11 is 4.54. The van der Waals surface area contributed by atoms with E-state index in [1.807, 2.05) is 42.9 Å². The Hall–Kier alpha value is -2.13. The van der Waals surface area contributed by atoms with E-state index < -0.39 is 0 Å². The highest BCUT2D eigenvalue weighted by atomic mass is 32.1. The lowest BCUT2D eigenvalue weighted by Gasteiger charge is -2.05. The number of thiol groups is 1. The first-order valence-electron chi connectivity index (χ1n) is 6.50. The molecule has 0 saturated heterocycles. The van der Waals surface area contributed by atoms with Crippen LogP contribution in [0.4, 0.5) is 0 Å². The molecule has 3 aromatic rings. The van der Waals surface area contributed by atoms with Gasteiger partial charge in [0, 0.05) is 10.5 Å². The summed E-state index contributed by atoms with van der Waals surface area (Å²) < 4.78 is 2.19. The summed E-state index contributed by atoms with van der Waals surface area (Å²) in [4.78, 5) is 5.21. The van der Waals surface area contributed by atoms with Crippen molar-refractivity contribution in [2.24, 2.45) is 0 Å². The molecule has 2 nitrogen and oxygen atoms in total. The van der Waals surface area contributed by atoms with Gasteiger partial charge in [-0.3, -0.25) is 4.98 Å². The summed E-state index contributed by atoms with van der Waals surface area (Å²) in [5.74, 6) is 0. The second-order valence-electron chi connectivity index (χ2n) is 4.59. The van der Waals surface area contributed by atoms with Crippen LogP contribution >= 0.6 is 12.6 Å². The van der Waals surface area contributed by atoms with Crippen LogP contribution in [0.15, 0.2) is 78.1 Å². The van der Waals surface area contributed by atoms with E-state index >= 15 is 0 Å². The number of hydrogen-bond acceptors (Lipinski definition) is 2. The molecule has 0 aliphatic rings. The van der Waals surface area contributed by atoms with Crippen LogP contribution in [0.25, 0.3) is 11.3 Å². The number of aromatic nitrogens is 2. The molecule has 98 valence electrons. The molecule has 20 heavy (non-hydrogen) atoms. The molecular formula is C17H15N2S+. The molecule has 0 bridgehead atoms. The van der Waals surface area contributed by atoms with E-state index in [4.69, 9.17) is 0 Å². The first kappa shape index (κ1) is 12.9. The van der Waals surface area contributed by atoms with Gasteiger partial charge in [0.15, 0.2) is 12.7 Å². The van der Waals surface area contributed by atoms with Crippen LogP contribution < -0.4 is 4.57 Å². The van der Waals surface area contributed by atoms with Crippen molar-refractivity contribution < 1.29 is 4.57 Å². The summed E-state index contributed by atoms with van der Waals surface area (Å²) in [6.07, 6.45) is 5.70. The van der Waals surface area contributed by atoms with E-state index in [2.05, 4.69) is 52.5 Å². The smallest absolute Gasteiger partial charge is 0.232 e. The number of benzene rings is 2. The molecule has 0 saturated carbocycles. The lowest BCUT2D eigenvalue weighted by molar-refractivity contribution is -0.678. The fraction of sp³-hybridized carbons (Fsp3) is 0.0588. The first-order chi connectivity index (χ1) is 9.84. The molecule has 0 unspecified atom stereocenters. The standard InChI is InChI=1S/C17H14N2S/c20-17-9-5-4-8-15(17)16-12-18-10-11-19(16)13-14-6-2-1-3-7-14/h1-12H,13H2/p+1. The van der Waals surface area contributed by atoms with Crippen LogP contribution in [0.2, 0.25) is 0 Å². The second kappa shape index (κ2) is 5.88. The van der Waals surface area contributed by atoms with Crippen LogP contribution in [-0.2, 0) is 6.54 Å². The highest BCUT2D eigenvalue weighted by Gasteiger charge is 2.15. The van der Waals surface area contributed by atoms with Crippen molar-refractivity contribution in [3.63, 3.8) is 0 Å². The lowest BCUT2D eigenvalue weighted by atomic mass is 10.1. The molecule has 0 N–H and O–H groups in total. The Kier molecular flexibility index (Phi) is 3.79. The SMILES string of the molecule is Sc1ccccc1-c1cncc[n+]1Cc1ccccc1. The number of nitrogens with zero attached hydrogens (tertiary/aromatic N) is 2. The van der Waals surface area contributed by atoms with Gasteiger partial charge in [-0.15, -0.1) is 12.6 Å². The molecule has 1 aromatic heterocycles. The van der Waals surface area contributed by atoms with Gasteiger partial charge in [-0.1, -0.05) is 42.5 Å². The molecule has 0 aliphatic carbocycles. The fourth-order valence-electron chi connectivity index (χ4n) is 2.22. The van der Waals surface area contributed by atoms with Crippen molar-refractivity contribution in [2.45, 2.75) is 11.4 Å². The molecule has 3 rings (SSSR count). The third kappa shape index (κ3) is 2.73. The van der Waals surface area contributed by atoms with Gasteiger partial charge >= 0.3 is 0 Å². The monoisotopic (exact) mass is 279 g/mol. The molecular weight excluding hydrogens is 264 g/mol. The minimum atomic E-state index is 0.820. The van der Waals surface area contributed by atoms with E-state index in [9.17, 15) is 0 Å². The van der Waals surface area contributed by atoms with Gasteiger partial charge in [0.1, 0.15) is 0 Å². The van der Waals surface area contributed by atoms with Crippen LogP contribution in [0.5, 0.6) is 0 Å². The van der Waals surface area contributed by atoms with Gasteiger partial charge < -0.3 is 0 Å². The Bertz CT molecular complexity index is 711. The highest BCUT2D eigenvalue weighted by molar-refractivity contribution is 7.80. The second-order valence-corrected chi connectivity index (χ2v) is 5.07. The molecule has 0 amide bonds. The summed E-state index contributed by atoms with van der Waals surface area (Å²) in [5.41, 5.74) is 3.43. The summed E-state index contributed by atoms with van der Waals surface area (Å²) in [6, 6.07) is 18.5.